The number of carbonyl (C=O) groups is 9. The summed E-state index contributed by atoms with van der Waals surface area (Å²) in [4.78, 5) is 112. The highest BCUT2D eigenvalue weighted by molar-refractivity contribution is 5.93. The SMILES string of the molecule is NOCCCC(=O)CCC(=O)CNC(=O)CCC(=O)CNC(=O)[C@H](CO)CC(=O)CC[C@H](NC(=O)CCCCCCCCCCCCCC(=O)O)C(=O)O. The first-order valence-electron chi connectivity index (χ1n) is 19.1. The fourth-order valence-corrected chi connectivity index (χ4v) is 5.40. The van der Waals surface area contributed by atoms with Crippen LogP contribution in [0.15, 0.2) is 0 Å². The number of carboxylic acids is 2. The third-order valence-corrected chi connectivity index (χ3v) is 8.68. The maximum absolute atomic E-state index is 12.5. The number of aliphatic hydroxyl groups is 1. The quantitative estimate of drug-likeness (QED) is 0.0352. The van der Waals surface area contributed by atoms with E-state index >= 15 is 0 Å². The first-order valence-corrected chi connectivity index (χ1v) is 19.1. The smallest absolute Gasteiger partial charge is 0.326 e. The fraction of sp³-hybridized carbons (Fsp3) is 0.757. The molecule has 54 heavy (non-hydrogen) atoms. The number of aliphatic hydroxyl groups excluding tert-OH is 1. The van der Waals surface area contributed by atoms with E-state index < -0.39 is 72.8 Å². The second kappa shape index (κ2) is 32.3. The molecule has 0 heterocycles. The van der Waals surface area contributed by atoms with Crippen molar-refractivity contribution in [2.45, 2.75) is 147 Å². The van der Waals surface area contributed by atoms with E-state index in [0.717, 1.165) is 64.2 Å². The van der Waals surface area contributed by atoms with Gasteiger partial charge in [-0.15, -0.1) is 0 Å². The summed E-state index contributed by atoms with van der Waals surface area (Å²) >= 11 is 0. The van der Waals surface area contributed by atoms with Crippen LogP contribution in [0.2, 0.25) is 0 Å². The van der Waals surface area contributed by atoms with Gasteiger partial charge < -0.3 is 36.1 Å². The van der Waals surface area contributed by atoms with E-state index in [1.54, 1.807) is 0 Å². The molecule has 0 spiro atoms. The van der Waals surface area contributed by atoms with Crippen molar-refractivity contribution in [3.63, 3.8) is 0 Å². The zero-order chi connectivity index (χ0) is 40.6. The van der Waals surface area contributed by atoms with E-state index in [0.29, 0.717) is 12.8 Å². The van der Waals surface area contributed by atoms with Crippen molar-refractivity contribution in [2.75, 3.05) is 26.3 Å². The lowest BCUT2D eigenvalue weighted by molar-refractivity contribution is -0.142. The molecule has 0 saturated heterocycles. The minimum atomic E-state index is -1.30. The number of hydrogen-bond acceptors (Lipinski definition) is 12. The lowest BCUT2D eigenvalue weighted by Crippen LogP contribution is -2.41. The number of nitrogens with two attached hydrogens (primary N) is 1. The average Bonchev–Trinajstić information content (AvgIpc) is 3.13. The molecule has 0 aromatic carbocycles. The number of aliphatic carboxylic acids is 2. The molecule has 0 aliphatic heterocycles. The van der Waals surface area contributed by atoms with Crippen LogP contribution < -0.4 is 21.8 Å². The van der Waals surface area contributed by atoms with Crippen LogP contribution in [0.3, 0.4) is 0 Å². The number of carboxylic acid groups (broad SMARTS) is 2. The van der Waals surface area contributed by atoms with E-state index in [4.69, 9.17) is 11.0 Å². The third-order valence-electron chi connectivity index (χ3n) is 8.68. The van der Waals surface area contributed by atoms with E-state index in [-0.39, 0.29) is 82.5 Å². The van der Waals surface area contributed by atoms with E-state index in [1.165, 1.54) is 0 Å². The molecule has 3 amide bonds. The van der Waals surface area contributed by atoms with Gasteiger partial charge in [0.2, 0.25) is 17.7 Å². The monoisotopic (exact) mass is 770 g/mol. The van der Waals surface area contributed by atoms with Gasteiger partial charge in [0.15, 0.2) is 11.6 Å². The number of Topliss-reactive ketones (excluding diaryl/α,β-unsaturated/α-hetero) is 4. The largest absolute Gasteiger partial charge is 0.481 e. The molecule has 0 unspecified atom stereocenters. The van der Waals surface area contributed by atoms with Crippen molar-refractivity contribution in [3.05, 3.63) is 0 Å². The highest BCUT2D eigenvalue weighted by Gasteiger charge is 2.25. The van der Waals surface area contributed by atoms with Gasteiger partial charge >= 0.3 is 11.9 Å². The van der Waals surface area contributed by atoms with Gasteiger partial charge in [0.05, 0.1) is 32.2 Å². The molecule has 0 saturated carbocycles. The van der Waals surface area contributed by atoms with Crippen LogP contribution in [-0.4, -0.2) is 100 Å². The lowest BCUT2D eigenvalue weighted by atomic mass is 9.98. The van der Waals surface area contributed by atoms with Gasteiger partial charge in [0.25, 0.3) is 0 Å². The molecule has 0 rings (SSSR count). The van der Waals surface area contributed by atoms with Gasteiger partial charge in [-0.3, -0.25) is 38.4 Å². The molecule has 0 aliphatic rings. The first-order chi connectivity index (χ1) is 25.8. The Labute approximate surface area is 317 Å². The molecule has 0 aromatic rings. The molecular formula is C37H62N4O13. The van der Waals surface area contributed by atoms with Gasteiger partial charge in [0, 0.05) is 57.8 Å². The molecular weight excluding hydrogens is 708 g/mol. The molecule has 17 nitrogen and oxygen atoms in total. The Kier molecular flexibility index (Phi) is 29.9. The molecule has 2 atom stereocenters. The second-order valence-electron chi connectivity index (χ2n) is 13.5. The maximum atomic E-state index is 12.5. The van der Waals surface area contributed by atoms with Crippen LogP contribution in [0, 0.1) is 5.92 Å². The van der Waals surface area contributed by atoms with Gasteiger partial charge in [-0.1, -0.05) is 57.8 Å². The molecule has 8 N–H and O–H groups in total. The summed E-state index contributed by atoms with van der Waals surface area (Å²) in [6, 6.07) is -1.29. The van der Waals surface area contributed by atoms with Crippen LogP contribution in [0.25, 0.3) is 0 Å². The number of carbonyl (C=O) groups excluding carboxylic acids is 7. The van der Waals surface area contributed by atoms with Crippen molar-refractivity contribution in [3.8, 4) is 0 Å². The Hall–Kier alpha value is -4.09. The number of ketones is 4. The number of amides is 3. The van der Waals surface area contributed by atoms with E-state index in [2.05, 4.69) is 20.8 Å². The van der Waals surface area contributed by atoms with Crippen LogP contribution in [0.5, 0.6) is 0 Å². The van der Waals surface area contributed by atoms with Crippen molar-refractivity contribution in [2.24, 2.45) is 11.8 Å². The zero-order valence-corrected chi connectivity index (χ0v) is 31.5. The van der Waals surface area contributed by atoms with Gasteiger partial charge in [0.1, 0.15) is 17.6 Å². The third kappa shape index (κ3) is 29.4. The number of unbranched alkanes of at least 4 members (excludes halogenated alkanes) is 10. The van der Waals surface area contributed by atoms with E-state index in [9.17, 15) is 53.4 Å². The normalized spacial score (nSPS) is 12.0. The predicted octanol–water partition coefficient (Wildman–Crippen LogP) is 2.23. The highest BCUT2D eigenvalue weighted by atomic mass is 16.6. The number of nitrogens with one attached hydrogen (secondary N) is 3. The molecule has 308 valence electrons. The van der Waals surface area contributed by atoms with Crippen molar-refractivity contribution < 1.29 is 63.3 Å². The van der Waals surface area contributed by atoms with Crippen molar-refractivity contribution in [1.82, 2.24) is 16.0 Å². The standard InChI is InChI=1S/C37H62N4O13/c38-54-22-12-13-28(43)16-17-30(45)24-39-33(47)21-19-31(46)25-40-36(51)27(26-42)23-29(44)18-20-32(37(52)53)41-34(48)14-10-8-6-4-2-1-3-5-7-9-11-15-35(49)50/h27,32,42H,1-26,38H2,(H,39,47)(H,40,51)(H,41,48)(H,49,50)(H,52,53)/t27-,32-/m0/s1. The van der Waals surface area contributed by atoms with Crippen molar-refractivity contribution in [1.29, 1.82) is 0 Å². The predicted molar refractivity (Wildman–Crippen MR) is 196 cm³/mol. The number of rotatable bonds is 37. The summed E-state index contributed by atoms with van der Waals surface area (Å²) in [5.74, 6) is -1.62. The Bertz CT molecular complexity index is 1190. The van der Waals surface area contributed by atoms with Crippen LogP contribution in [-0.2, 0) is 48.0 Å². The van der Waals surface area contributed by atoms with Crippen LogP contribution in [0.4, 0.5) is 0 Å². The summed E-state index contributed by atoms with van der Waals surface area (Å²) in [6.07, 6.45) is 10.2. The molecule has 17 heteroatoms. The molecule has 0 aromatic heterocycles. The first kappa shape index (κ1) is 49.9. The van der Waals surface area contributed by atoms with E-state index in [1.807, 2.05) is 0 Å². The molecule has 0 aliphatic carbocycles. The summed E-state index contributed by atoms with van der Waals surface area (Å²) in [5, 5.41) is 34.9. The minimum Gasteiger partial charge on any atom is -0.481 e. The number of hydrogen-bond donors (Lipinski definition) is 7. The lowest BCUT2D eigenvalue weighted by Gasteiger charge is -2.16. The van der Waals surface area contributed by atoms with Gasteiger partial charge in [-0.25, -0.2) is 10.7 Å². The molecule has 0 bridgehead atoms. The maximum Gasteiger partial charge on any atom is 0.326 e. The summed E-state index contributed by atoms with van der Waals surface area (Å²) in [5.41, 5.74) is 0. The molecule has 0 radical (unpaired) electrons. The summed E-state index contributed by atoms with van der Waals surface area (Å²) in [7, 11) is 0. The minimum absolute atomic E-state index is 0.0323. The van der Waals surface area contributed by atoms with Crippen LogP contribution in [0.1, 0.15) is 141 Å². The highest BCUT2D eigenvalue weighted by Crippen LogP contribution is 2.13. The summed E-state index contributed by atoms with van der Waals surface area (Å²) in [6.45, 7) is -1.23. The zero-order valence-electron chi connectivity index (χ0n) is 31.5. The Balaban J connectivity index is 4.23. The summed E-state index contributed by atoms with van der Waals surface area (Å²) < 4.78 is 0. The average molecular weight is 771 g/mol. The topological polar surface area (TPSA) is 286 Å². The van der Waals surface area contributed by atoms with Gasteiger partial charge in [-0.05, 0) is 25.7 Å². The molecule has 0 fully saturated rings. The van der Waals surface area contributed by atoms with Crippen molar-refractivity contribution >= 4 is 52.8 Å². The Morgan fingerprint density at radius 2 is 1.06 bits per heavy atom. The Morgan fingerprint density at radius 3 is 1.59 bits per heavy atom. The second-order valence-corrected chi connectivity index (χ2v) is 13.5. The van der Waals surface area contributed by atoms with Gasteiger partial charge in [-0.2, -0.15) is 0 Å². The van der Waals surface area contributed by atoms with Crippen LogP contribution >= 0.6 is 0 Å². The fourth-order valence-electron chi connectivity index (χ4n) is 5.40. The Morgan fingerprint density at radius 1 is 0.537 bits per heavy atom.